The van der Waals surface area contributed by atoms with Crippen LogP contribution in [0.3, 0.4) is 0 Å². The molecule has 0 unspecified atom stereocenters. The number of aryl methyl sites for hydroxylation is 1. The molecule has 0 saturated carbocycles. The minimum atomic E-state index is -4.80. The first-order chi connectivity index (χ1) is 18.6. The Kier molecular flexibility index (Phi) is 8.41. The number of amides is 1. The van der Waals surface area contributed by atoms with Gasteiger partial charge in [0.05, 0.1) is 12.1 Å². The zero-order valence-electron chi connectivity index (χ0n) is 20.6. The van der Waals surface area contributed by atoms with Crippen molar-refractivity contribution in [3.63, 3.8) is 0 Å². The average molecular weight is 552 g/mol. The highest BCUT2D eigenvalue weighted by atomic mass is 19.4. The Balaban J connectivity index is 1.49. The van der Waals surface area contributed by atoms with E-state index in [0.29, 0.717) is 24.4 Å². The molecule has 0 bridgehead atoms. The molecule has 14 heteroatoms. The fourth-order valence-electron chi connectivity index (χ4n) is 4.16. The number of hydrogen-bond acceptors (Lipinski definition) is 7. The largest absolute Gasteiger partial charge is 0.451 e. The summed E-state index contributed by atoms with van der Waals surface area (Å²) in [6.45, 7) is 1.03. The number of alkyl halides is 4. The van der Waals surface area contributed by atoms with Crippen LogP contribution in [0.25, 0.3) is 0 Å². The normalized spacial score (nSPS) is 14.9. The van der Waals surface area contributed by atoms with Gasteiger partial charge < -0.3 is 9.74 Å². The predicted octanol–water partition coefficient (Wildman–Crippen LogP) is 4.57. The molecule has 2 aromatic heterocycles. The highest BCUT2D eigenvalue weighted by molar-refractivity contribution is 6.02. The Morgan fingerprint density at radius 3 is 2.44 bits per heavy atom. The second-order valence-electron chi connectivity index (χ2n) is 8.73. The number of likely N-dealkylation sites (tertiary alicyclic amines) is 1. The molecule has 1 aliphatic heterocycles. The zero-order chi connectivity index (χ0) is 28.2. The number of carbonyl (C=O) groups is 1. The number of carbonyl (C=O) groups excluding carboxylic acids is 1. The number of hydrogen-bond donors (Lipinski definition) is 0. The number of oxime groups is 1. The minimum Gasteiger partial charge on any atom is -0.342 e. The van der Waals surface area contributed by atoms with Crippen molar-refractivity contribution in [3.05, 3.63) is 76.8 Å². The molecule has 8 nitrogen and oxygen atoms in total. The van der Waals surface area contributed by atoms with Gasteiger partial charge in [-0.3, -0.25) is 4.79 Å². The van der Waals surface area contributed by atoms with E-state index in [1.807, 2.05) is 0 Å². The average Bonchev–Trinajstić information content (AvgIpc) is 2.91. The van der Waals surface area contributed by atoms with E-state index in [9.17, 15) is 31.1 Å². The van der Waals surface area contributed by atoms with Gasteiger partial charge in [-0.25, -0.2) is 28.1 Å². The van der Waals surface area contributed by atoms with Crippen LogP contribution in [0, 0.1) is 18.6 Å². The summed E-state index contributed by atoms with van der Waals surface area (Å²) >= 11 is 0. The van der Waals surface area contributed by atoms with Crippen LogP contribution in [-0.4, -0.2) is 56.2 Å². The standard InChI is InChI=1S/C25H22F6N6O2/c1-14-33-13-17(20(12-26)36-39-21-5-8-32-24(35-21)25(29,30)31)23(34-14)15-6-9-37(10-7-15)22(38)11-16-18(27)3-2-4-19(16)28/h2-5,8,13,15H,6-7,9-12H2,1H3. The molecular formula is C25H22F6N6O2. The molecule has 0 radical (unpaired) electrons. The van der Waals surface area contributed by atoms with Gasteiger partial charge in [-0.15, -0.1) is 0 Å². The maximum atomic E-state index is 14.0. The third-order valence-corrected chi connectivity index (χ3v) is 6.13. The van der Waals surface area contributed by atoms with Crippen molar-refractivity contribution < 1.29 is 36.0 Å². The molecule has 1 aliphatic rings. The fraction of sp³-hybridized carbons (Fsp3) is 0.360. The van der Waals surface area contributed by atoms with E-state index < -0.39 is 48.5 Å². The van der Waals surface area contributed by atoms with Gasteiger partial charge in [-0.1, -0.05) is 11.2 Å². The van der Waals surface area contributed by atoms with Gasteiger partial charge in [0.2, 0.25) is 11.7 Å². The first-order valence-corrected chi connectivity index (χ1v) is 11.8. The molecule has 39 heavy (non-hydrogen) atoms. The highest BCUT2D eigenvalue weighted by Gasteiger charge is 2.35. The van der Waals surface area contributed by atoms with E-state index in [4.69, 9.17) is 4.84 Å². The monoisotopic (exact) mass is 552 g/mol. The van der Waals surface area contributed by atoms with Crippen LogP contribution in [0.4, 0.5) is 26.3 Å². The topological polar surface area (TPSA) is 93.5 Å². The van der Waals surface area contributed by atoms with Gasteiger partial charge in [0.15, 0.2) is 0 Å². The lowest BCUT2D eigenvalue weighted by atomic mass is 9.89. The maximum absolute atomic E-state index is 14.0. The number of aromatic nitrogens is 4. The van der Waals surface area contributed by atoms with Gasteiger partial charge in [-0.05, 0) is 31.9 Å². The van der Waals surface area contributed by atoms with Crippen LogP contribution in [0.5, 0.6) is 5.88 Å². The van der Waals surface area contributed by atoms with E-state index in [0.717, 1.165) is 24.4 Å². The lowest BCUT2D eigenvalue weighted by Gasteiger charge is -2.32. The fourth-order valence-corrected chi connectivity index (χ4v) is 4.16. The SMILES string of the molecule is Cc1ncc(C(CF)=NOc2ccnc(C(F)(F)F)n2)c(C2CCN(C(=O)Cc3c(F)cccc3F)CC2)n1. The Bertz CT molecular complexity index is 1360. The van der Waals surface area contributed by atoms with E-state index in [1.165, 1.54) is 17.2 Å². The summed E-state index contributed by atoms with van der Waals surface area (Å²) in [5.74, 6) is -3.84. The first kappa shape index (κ1) is 27.9. The highest BCUT2D eigenvalue weighted by Crippen LogP contribution is 2.30. The van der Waals surface area contributed by atoms with Crippen LogP contribution >= 0.6 is 0 Å². The van der Waals surface area contributed by atoms with Crippen molar-refractivity contribution in [1.82, 2.24) is 24.8 Å². The molecule has 0 atom stereocenters. The van der Waals surface area contributed by atoms with Crippen molar-refractivity contribution in [1.29, 1.82) is 0 Å². The maximum Gasteiger partial charge on any atom is 0.451 e. The Labute approximate surface area is 218 Å². The van der Waals surface area contributed by atoms with Gasteiger partial charge in [0.1, 0.15) is 29.8 Å². The third-order valence-electron chi connectivity index (χ3n) is 6.13. The van der Waals surface area contributed by atoms with Gasteiger partial charge in [0, 0.05) is 48.6 Å². The van der Waals surface area contributed by atoms with Crippen LogP contribution in [-0.2, 0) is 17.4 Å². The van der Waals surface area contributed by atoms with Crippen LogP contribution < -0.4 is 4.84 Å². The Morgan fingerprint density at radius 2 is 1.79 bits per heavy atom. The van der Waals surface area contributed by atoms with Crippen molar-refractivity contribution in [2.24, 2.45) is 5.16 Å². The Hall–Kier alpha value is -4.10. The summed E-state index contributed by atoms with van der Waals surface area (Å²) in [5, 5.41) is 3.67. The Morgan fingerprint density at radius 1 is 1.10 bits per heavy atom. The van der Waals surface area contributed by atoms with E-state index in [2.05, 4.69) is 25.1 Å². The molecule has 1 fully saturated rings. The molecule has 1 saturated heterocycles. The number of halogens is 6. The first-order valence-electron chi connectivity index (χ1n) is 11.8. The summed E-state index contributed by atoms with van der Waals surface area (Å²) in [6, 6.07) is 4.44. The van der Waals surface area contributed by atoms with E-state index in [1.54, 1.807) is 6.92 Å². The smallest absolute Gasteiger partial charge is 0.342 e. The molecule has 206 valence electrons. The molecule has 4 rings (SSSR count). The van der Waals surface area contributed by atoms with Crippen molar-refractivity contribution in [2.75, 3.05) is 19.8 Å². The third kappa shape index (κ3) is 6.67. The zero-order valence-corrected chi connectivity index (χ0v) is 20.6. The van der Waals surface area contributed by atoms with Crippen molar-refractivity contribution >= 4 is 11.6 Å². The predicted molar refractivity (Wildman–Crippen MR) is 126 cm³/mol. The summed E-state index contributed by atoms with van der Waals surface area (Å²) in [4.78, 5) is 34.1. The lowest BCUT2D eigenvalue weighted by Crippen LogP contribution is -2.39. The molecule has 3 aromatic rings. The summed E-state index contributed by atoms with van der Waals surface area (Å²) in [6.07, 6.45) is -2.21. The van der Waals surface area contributed by atoms with Crippen molar-refractivity contribution in [3.8, 4) is 5.88 Å². The van der Waals surface area contributed by atoms with Crippen LogP contribution in [0.1, 0.15) is 47.2 Å². The van der Waals surface area contributed by atoms with E-state index in [-0.39, 0.29) is 35.8 Å². The summed E-state index contributed by atoms with van der Waals surface area (Å²) in [5.41, 5.74) is 0.0821. The molecule has 0 N–H and O–H groups in total. The number of nitrogens with zero attached hydrogens (tertiary/aromatic N) is 6. The summed E-state index contributed by atoms with van der Waals surface area (Å²) in [7, 11) is 0. The molecule has 3 heterocycles. The second kappa shape index (κ2) is 11.7. The van der Waals surface area contributed by atoms with E-state index >= 15 is 0 Å². The van der Waals surface area contributed by atoms with Crippen LogP contribution in [0.2, 0.25) is 0 Å². The number of benzene rings is 1. The molecule has 1 aromatic carbocycles. The van der Waals surface area contributed by atoms with Gasteiger partial charge in [-0.2, -0.15) is 18.2 Å². The lowest BCUT2D eigenvalue weighted by molar-refractivity contribution is -0.145. The molecule has 1 amide bonds. The minimum absolute atomic E-state index is 0.200. The number of rotatable bonds is 7. The molecule has 0 spiro atoms. The van der Waals surface area contributed by atoms with Crippen molar-refractivity contribution in [2.45, 2.75) is 38.3 Å². The number of piperidine rings is 1. The van der Waals surface area contributed by atoms with Gasteiger partial charge in [0.25, 0.3) is 5.88 Å². The van der Waals surface area contributed by atoms with Gasteiger partial charge >= 0.3 is 6.18 Å². The molecular weight excluding hydrogens is 530 g/mol. The van der Waals surface area contributed by atoms with Crippen LogP contribution in [0.15, 0.2) is 41.8 Å². The summed E-state index contributed by atoms with van der Waals surface area (Å²) < 4.78 is 80.5. The molecule has 0 aliphatic carbocycles. The second-order valence-corrected chi connectivity index (χ2v) is 8.73. The quantitative estimate of drug-likeness (QED) is 0.242.